The predicted molar refractivity (Wildman–Crippen MR) is 44.1 cm³/mol. The first-order valence-electron chi connectivity index (χ1n) is 3.12. The maximum absolute atomic E-state index is 5.23. The topological polar surface area (TPSA) is 44.5 Å². The van der Waals surface area contributed by atoms with Crippen LogP contribution in [-0.4, -0.2) is 31.9 Å². The van der Waals surface area contributed by atoms with Crippen LogP contribution in [0.5, 0.6) is 0 Å². The molecule has 0 aliphatic rings. The van der Waals surface area contributed by atoms with Crippen molar-refractivity contribution in [1.82, 2.24) is 0 Å². The largest absolute Gasteiger partial charge is 0.393 e. The maximum atomic E-state index is 5.23. The molecule has 10 heavy (non-hydrogen) atoms. The molecular formula is C6H13NO2S. The van der Waals surface area contributed by atoms with Crippen LogP contribution in [-0.2, 0) is 9.47 Å². The summed E-state index contributed by atoms with van der Waals surface area (Å²) in [6, 6.07) is 0. The molecule has 0 aliphatic heterocycles. The SMILES string of the molecule is COCCOCCC(N)=S. The normalized spacial score (nSPS) is 9.70. The second-order valence-electron chi connectivity index (χ2n) is 1.82. The minimum absolute atomic E-state index is 0.498. The van der Waals surface area contributed by atoms with Crippen molar-refractivity contribution in [2.75, 3.05) is 26.9 Å². The van der Waals surface area contributed by atoms with Gasteiger partial charge in [0.25, 0.3) is 0 Å². The Morgan fingerprint density at radius 2 is 2.10 bits per heavy atom. The van der Waals surface area contributed by atoms with Gasteiger partial charge in [-0.1, -0.05) is 12.2 Å². The summed E-state index contributed by atoms with van der Waals surface area (Å²) >= 11 is 4.64. The van der Waals surface area contributed by atoms with Crippen LogP contribution in [0, 0.1) is 0 Å². The van der Waals surface area contributed by atoms with Crippen LogP contribution in [0.2, 0.25) is 0 Å². The Kier molecular flexibility index (Phi) is 6.79. The summed E-state index contributed by atoms with van der Waals surface area (Å²) < 4.78 is 9.85. The van der Waals surface area contributed by atoms with Gasteiger partial charge in [0.05, 0.1) is 24.8 Å². The quantitative estimate of drug-likeness (QED) is 0.452. The lowest BCUT2D eigenvalue weighted by Gasteiger charge is -2.00. The molecule has 0 unspecified atom stereocenters. The molecule has 0 radical (unpaired) electrons. The Bertz CT molecular complexity index is 97.7. The Labute approximate surface area is 66.5 Å². The first kappa shape index (κ1) is 9.81. The number of nitrogens with two attached hydrogens (primary N) is 1. The monoisotopic (exact) mass is 163 g/mol. The van der Waals surface area contributed by atoms with Crippen molar-refractivity contribution in [1.29, 1.82) is 0 Å². The number of thiocarbonyl (C=S) groups is 1. The van der Waals surface area contributed by atoms with Crippen LogP contribution >= 0.6 is 12.2 Å². The first-order chi connectivity index (χ1) is 4.77. The van der Waals surface area contributed by atoms with Crippen LogP contribution in [0.3, 0.4) is 0 Å². The summed E-state index contributed by atoms with van der Waals surface area (Å²) in [5.74, 6) is 0. The van der Waals surface area contributed by atoms with Crippen molar-refractivity contribution in [2.24, 2.45) is 5.73 Å². The second-order valence-corrected chi connectivity index (χ2v) is 2.35. The molecule has 0 rings (SSSR count). The van der Waals surface area contributed by atoms with Crippen LogP contribution in [0.15, 0.2) is 0 Å². The van der Waals surface area contributed by atoms with Gasteiger partial charge in [0.15, 0.2) is 0 Å². The maximum Gasteiger partial charge on any atom is 0.0750 e. The molecule has 60 valence electrons. The van der Waals surface area contributed by atoms with E-state index in [-0.39, 0.29) is 0 Å². The molecule has 0 aromatic rings. The first-order valence-corrected chi connectivity index (χ1v) is 3.53. The summed E-state index contributed by atoms with van der Waals surface area (Å²) in [4.78, 5) is 0.498. The van der Waals surface area contributed by atoms with E-state index >= 15 is 0 Å². The minimum atomic E-state index is 0.498. The van der Waals surface area contributed by atoms with Crippen molar-refractivity contribution >= 4 is 17.2 Å². The fraction of sp³-hybridized carbons (Fsp3) is 0.833. The van der Waals surface area contributed by atoms with Crippen LogP contribution in [0.25, 0.3) is 0 Å². The van der Waals surface area contributed by atoms with E-state index in [2.05, 4.69) is 12.2 Å². The molecule has 0 fully saturated rings. The molecule has 0 amide bonds. The summed E-state index contributed by atoms with van der Waals surface area (Å²) in [6.07, 6.45) is 0.652. The molecule has 0 aliphatic carbocycles. The van der Waals surface area contributed by atoms with Gasteiger partial charge in [0.2, 0.25) is 0 Å². The van der Waals surface area contributed by atoms with E-state index in [9.17, 15) is 0 Å². The Morgan fingerprint density at radius 3 is 2.60 bits per heavy atom. The van der Waals surface area contributed by atoms with E-state index in [0.717, 1.165) is 0 Å². The number of rotatable bonds is 6. The molecular weight excluding hydrogens is 150 g/mol. The molecule has 0 bridgehead atoms. The molecule has 0 aromatic carbocycles. The van der Waals surface area contributed by atoms with E-state index < -0.39 is 0 Å². The van der Waals surface area contributed by atoms with E-state index in [0.29, 0.717) is 31.2 Å². The molecule has 2 N–H and O–H groups in total. The molecule has 4 heteroatoms. The third kappa shape index (κ3) is 7.81. The highest BCUT2D eigenvalue weighted by atomic mass is 32.1. The number of hydrogen-bond acceptors (Lipinski definition) is 3. The Morgan fingerprint density at radius 1 is 1.40 bits per heavy atom. The lowest BCUT2D eigenvalue weighted by atomic mass is 10.5. The Hall–Kier alpha value is -0.190. The highest BCUT2D eigenvalue weighted by Crippen LogP contribution is 1.82. The third-order valence-electron chi connectivity index (χ3n) is 0.925. The van der Waals surface area contributed by atoms with E-state index in [1.54, 1.807) is 7.11 Å². The highest BCUT2D eigenvalue weighted by Gasteiger charge is 1.89. The molecule has 0 aromatic heterocycles. The van der Waals surface area contributed by atoms with Gasteiger partial charge >= 0.3 is 0 Å². The van der Waals surface area contributed by atoms with Crippen LogP contribution in [0.4, 0.5) is 0 Å². The summed E-state index contributed by atoms with van der Waals surface area (Å²) in [5, 5.41) is 0. The average molecular weight is 163 g/mol. The van der Waals surface area contributed by atoms with Crippen molar-refractivity contribution in [3.63, 3.8) is 0 Å². The minimum Gasteiger partial charge on any atom is -0.393 e. The van der Waals surface area contributed by atoms with Gasteiger partial charge in [0, 0.05) is 13.5 Å². The fourth-order valence-corrected chi connectivity index (χ4v) is 0.500. The predicted octanol–water partition coefficient (Wildman–Crippen LogP) is 0.326. The zero-order valence-corrected chi connectivity index (χ0v) is 6.95. The molecule has 0 saturated heterocycles. The highest BCUT2D eigenvalue weighted by molar-refractivity contribution is 7.80. The third-order valence-corrected chi connectivity index (χ3v) is 1.13. The van der Waals surface area contributed by atoms with Crippen LogP contribution < -0.4 is 5.73 Å². The van der Waals surface area contributed by atoms with Gasteiger partial charge in [-0.05, 0) is 0 Å². The Balaban J connectivity index is 2.84. The van der Waals surface area contributed by atoms with Gasteiger partial charge in [-0.3, -0.25) is 0 Å². The standard InChI is InChI=1S/C6H13NO2S/c1-8-4-5-9-3-2-6(7)10/h2-5H2,1H3,(H2,7,10). The lowest BCUT2D eigenvalue weighted by Crippen LogP contribution is -2.12. The van der Waals surface area contributed by atoms with Crippen molar-refractivity contribution in [3.05, 3.63) is 0 Å². The molecule has 0 saturated carbocycles. The van der Waals surface area contributed by atoms with E-state index in [1.165, 1.54) is 0 Å². The zero-order valence-electron chi connectivity index (χ0n) is 6.13. The fourth-order valence-electron chi connectivity index (χ4n) is 0.417. The average Bonchev–Trinajstić information content (AvgIpc) is 1.87. The van der Waals surface area contributed by atoms with Crippen molar-refractivity contribution < 1.29 is 9.47 Å². The van der Waals surface area contributed by atoms with Gasteiger partial charge in [-0.2, -0.15) is 0 Å². The van der Waals surface area contributed by atoms with E-state index in [1.807, 2.05) is 0 Å². The summed E-state index contributed by atoms with van der Waals surface area (Å²) in [6.45, 7) is 1.83. The molecule has 0 spiro atoms. The summed E-state index contributed by atoms with van der Waals surface area (Å²) in [5.41, 5.74) is 5.23. The van der Waals surface area contributed by atoms with Gasteiger partial charge in [-0.15, -0.1) is 0 Å². The van der Waals surface area contributed by atoms with Gasteiger partial charge in [0.1, 0.15) is 0 Å². The number of methoxy groups -OCH3 is 1. The second kappa shape index (κ2) is 6.92. The van der Waals surface area contributed by atoms with Crippen LogP contribution in [0.1, 0.15) is 6.42 Å². The van der Waals surface area contributed by atoms with E-state index in [4.69, 9.17) is 15.2 Å². The molecule has 0 heterocycles. The lowest BCUT2D eigenvalue weighted by molar-refractivity contribution is 0.0744. The molecule has 3 nitrogen and oxygen atoms in total. The van der Waals surface area contributed by atoms with Gasteiger partial charge in [-0.25, -0.2) is 0 Å². The zero-order chi connectivity index (χ0) is 7.82. The molecule has 0 atom stereocenters. The number of hydrogen-bond donors (Lipinski definition) is 1. The van der Waals surface area contributed by atoms with Gasteiger partial charge < -0.3 is 15.2 Å². The van der Waals surface area contributed by atoms with Crippen molar-refractivity contribution in [2.45, 2.75) is 6.42 Å². The van der Waals surface area contributed by atoms with Crippen molar-refractivity contribution in [3.8, 4) is 0 Å². The smallest absolute Gasteiger partial charge is 0.0750 e. The summed E-state index contributed by atoms with van der Waals surface area (Å²) in [7, 11) is 1.64. The number of ether oxygens (including phenoxy) is 2.